The van der Waals surface area contributed by atoms with Crippen LogP contribution in [0, 0.1) is 3.57 Å². The molecule has 1 aromatic rings. The molecule has 1 aromatic carbocycles. The largest absolute Gasteiger partial charge is 0.444 e. The number of likely N-dealkylation sites (tertiary alicyclic amines) is 1. The zero-order chi connectivity index (χ0) is 16.3. The Balaban J connectivity index is 2.17. The lowest BCUT2D eigenvalue weighted by Crippen LogP contribution is -2.48. The van der Waals surface area contributed by atoms with Gasteiger partial charge < -0.3 is 14.7 Å². The predicted octanol–water partition coefficient (Wildman–Crippen LogP) is 4.11. The van der Waals surface area contributed by atoms with Crippen LogP contribution in [0.1, 0.15) is 51.7 Å². The minimum Gasteiger partial charge on any atom is -0.444 e. The second-order valence-electron chi connectivity index (χ2n) is 6.74. The van der Waals surface area contributed by atoms with Crippen molar-refractivity contribution in [2.75, 3.05) is 6.54 Å². The van der Waals surface area contributed by atoms with Crippen molar-refractivity contribution < 1.29 is 14.6 Å². The van der Waals surface area contributed by atoms with E-state index in [4.69, 9.17) is 4.74 Å². The number of halogens is 1. The number of hydrogen-bond donors (Lipinski definition) is 1. The average Bonchev–Trinajstić information content (AvgIpc) is 2.44. The summed E-state index contributed by atoms with van der Waals surface area (Å²) < 4.78 is 6.57. The predicted molar refractivity (Wildman–Crippen MR) is 94.7 cm³/mol. The lowest BCUT2D eigenvalue weighted by Gasteiger charge is -2.39. The van der Waals surface area contributed by atoms with Gasteiger partial charge in [-0.1, -0.05) is 12.1 Å². The molecule has 0 unspecified atom stereocenters. The summed E-state index contributed by atoms with van der Waals surface area (Å²) in [5, 5.41) is 10.7. The first kappa shape index (κ1) is 17.5. The molecule has 0 saturated carbocycles. The summed E-state index contributed by atoms with van der Waals surface area (Å²) in [5.74, 6) is 0. The van der Waals surface area contributed by atoms with Gasteiger partial charge >= 0.3 is 6.09 Å². The van der Waals surface area contributed by atoms with Gasteiger partial charge in [0.05, 0.1) is 12.1 Å². The van der Waals surface area contributed by atoms with Crippen LogP contribution in [0.25, 0.3) is 0 Å². The van der Waals surface area contributed by atoms with Crippen LogP contribution in [0.2, 0.25) is 0 Å². The van der Waals surface area contributed by atoms with Crippen molar-refractivity contribution in [2.24, 2.45) is 0 Å². The molecule has 0 spiro atoms. The number of carbonyl (C=O) groups is 1. The summed E-state index contributed by atoms with van der Waals surface area (Å²) in [5.41, 5.74) is 0.332. The van der Waals surface area contributed by atoms with Gasteiger partial charge in [0.2, 0.25) is 0 Å². The van der Waals surface area contributed by atoms with E-state index < -0.39 is 11.7 Å². The molecule has 0 bridgehead atoms. The van der Waals surface area contributed by atoms with Crippen molar-refractivity contribution in [3.63, 3.8) is 0 Å². The van der Waals surface area contributed by atoms with E-state index in [1.54, 1.807) is 4.90 Å². The van der Waals surface area contributed by atoms with Crippen LogP contribution in [0.3, 0.4) is 0 Å². The van der Waals surface area contributed by atoms with Crippen molar-refractivity contribution in [3.05, 3.63) is 33.4 Å². The highest BCUT2D eigenvalue weighted by atomic mass is 127. The van der Waals surface area contributed by atoms with Crippen molar-refractivity contribution in [1.29, 1.82) is 0 Å². The van der Waals surface area contributed by atoms with Crippen LogP contribution in [0.15, 0.2) is 24.3 Å². The molecule has 1 heterocycles. The number of piperidine rings is 1. The summed E-state index contributed by atoms with van der Waals surface area (Å²) in [6.07, 6.45) is 1.76. The Bertz CT molecular complexity index is 527. The Morgan fingerprint density at radius 1 is 1.41 bits per heavy atom. The molecule has 4 nitrogen and oxygen atoms in total. The number of hydrogen-bond acceptors (Lipinski definition) is 3. The third-order valence-electron chi connectivity index (χ3n) is 3.73. The number of nitrogens with zero attached hydrogens (tertiary/aromatic N) is 1. The molecule has 0 aromatic heterocycles. The van der Waals surface area contributed by atoms with Crippen molar-refractivity contribution in [1.82, 2.24) is 4.90 Å². The lowest BCUT2D eigenvalue weighted by molar-refractivity contribution is -0.0169. The molecule has 1 N–H and O–H groups in total. The average molecular weight is 417 g/mol. The van der Waals surface area contributed by atoms with Gasteiger partial charge in [-0.15, -0.1) is 0 Å². The minimum atomic E-state index is -0.678. The van der Waals surface area contributed by atoms with E-state index in [2.05, 4.69) is 22.6 Å². The number of amides is 1. The summed E-state index contributed by atoms with van der Waals surface area (Å²) >= 11 is 2.23. The van der Waals surface area contributed by atoms with E-state index in [1.165, 1.54) is 0 Å². The smallest absolute Gasteiger partial charge is 0.410 e. The number of rotatable bonds is 2. The SMILES string of the molecule is CC(C)(C)OC(=O)N1CCCC[C@H]1[C@@H](O)c1cccc(I)c1. The van der Waals surface area contributed by atoms with Crippen molar-refractivity contribution >= 4 is 28.7 Å². The maximum absolute atomic E-state index is 12.4. The number of ether oxygens (including phenoxy) is 1. The van der Waals surface area contributed by atoms with E-state index in [-0.39, 0.29) is 12.1 Å². The Kier molecular flexibility index (Phi) is 5.71. The highest BCUT2D eigenvalue weighted by Gasteiger charge is 2.35. The van der Waals surface area contributed by atoms with Gasteiger partial charge in [0.1, 0.15) is 5.60 Å². The molecular formula is C17H24INO3. The van der Waals surface area contributed by atoms with Crippen LogP contribution in [0.5, 0.6) is 0 Å². The maximum atomic E-state index is 12.4. The van der Waals surface area contributed by atoms with Crippen LogP contribution in [-0.4, -0.2) is 34.3 Å². The number of aliphatic hydroxyl groups excluding tert-OH is 1. The molecule has 1 aliphatic heterocycles. The molecule has 1 aliphatic rings. The molecule has 5 heteroatoms. The van der Waals surface area contributed by atoms with Gasteiger partial charge in [-0.25, -0.2) is 4.79 Å². The summed E-state index contributed by atoms with van der Waals surface area (Å²) in [6, 6.07) is 7.58. The van der Waals surface area contributed by atoms with Crippen LogP contribution in [-0.2, 0) is 4.74 Å². The van der Waals surface area contributed by atoms with Crippen molar-refractivity contribution in [2.45, 2.75) is 57.8 Å². The lowest BCUT2D eigenvalue weighted by atomic mass is 9.93. The summed E-state index contributed by atoms with van der Waals surface area (Å²) in [7, 11) is 0. The van der Waals surface area contributed by atoms with Crippen molar-refractivity contribution in [3.8, 4) is 0 Å². The fourth-order valence-electron chi connectivity index (χ4n) is 2.75. The first-order chi connectivity index (χ1) is 10.3. The molecule has 1 saturated heterocycles. The number of carbonyl (C=O) groups excluding carboxylic acids is 1. The Hall–Kier alpha value is -0.820. The highest BCUT2D eigenvalue weighted by Crippen LogP contribution is 2.30. The molecule has 1 fully saturated rings. The Labute approximate surface area is 146 Å². The standard InChI is InChI=1S/C17H24INO3/c1-17(2,3)22-16(21)19-10-5-4-9-14(19)15(20)12-7-6-8-13(18)11-12/h6-8,11,14-15,20H,4-5,9-10H2,1-3H3/t14-,15-/m0/s1. The van der Waals surface area contributed by atoms with E-state index in [1.807, 2.05) is 45.0 Å². The van der Waals surface area contributed by atoms with Crippen LogP contribution >= 0.6 is 22.6 Å². The Morgan fingerprint density at radius 2 is 2.14 bits per heavy atom. The summed E-state index contributed by atoms with van der Waals surface area (Å²) in [6.45, 7) is 6.22. The first-order valence-corrected chi connectivity index (χ1v) is 8.79. The molecule has 2 atom stereocenters. The topological polar surface area (TPSA) is 49.8 Å². The third kappa shape index (κ3) is 4.59. The van der Waals surface area contributed by atoms with Gasteiger partial charge in [0.15, 0.2) is 0 Å². The molecule has 22 heavy (non-hydrogen) atoms. The van der Waals surface area contributed by atoms with E-state index in [0.717, 1.165) is 28.4 Å². The van der Waals surface area contributed by atoms with E-state index >= 15 is 0 Å². The van der Waals surface area contributed by atoms with Crippen LogP contribution < -0.4 is 0 Å². The molecular weight excluding hydrogens is 393 g/mol. The molecule has 1 amide bonds. The van der Waals surface area contributed by atoms with Gasteiger partial charge in [0, 0.05) is 10.1 Å². The van der Waals surface area contributed by atoms with E-state index in [0.29, 0.717) is 6.54 Å². The second-order valence-corrected chi connectivity index (χ2v) is 7.98. The van der Waals surface area contributed by atoms with Gasteiger partial charge in [-0.3, -0.25) is 0 Å². The second kappa shape index (κ2) is 7.17. The highest BCUT2D eigenvalue weighted by molar-refractivity contribution is 14.1. The molecule has 2 rings (SSSR count). The van der Waals surface area contributed by atoms with Gasteiger partial charge in [-0.05, 0) is 80.3 Å². The monoisotopic (exact) mass is 417 g/mol. The number of aliphatic hydroxyl groups is 1. The maximum Gasteiger partial charge on any atom is 0.410 e. The number of benzene rings is 1. The molecule has 122 valence electrons. The van der Waals surface area contributed by atoms with Crippen LogP contribution in [0.4, 0.5) is 4.79 Å². The first-order valence-electron chi connectivity index (χ1n) is 7.71. The molecule has 0 radical (unpaired) electrons. The zero-order valence-corrected chi connectivity index (χ0v) is 15.5. The fourth-order valence-corrected chi connectivity index (χ4v) is 3.31. The Morgan fingerprint density at radius 3 is 2.77 bits per heavy atom. The minimum absolute atomic E-state index is 0.221. The molecule has 0 aliphatic carbocycles. The van der Waals surface area contributed by atoms with E-state index in [9.17, 15) is 9.90 Å². The fraction of sp³-hybridized carbons (Fsp3) is 0.588. The van der Waals surface area contributed by atoms with Gasteiger partial charge in [0.25, 0.3) is 0 Å². The normalized spacial score (nSPS) is 20.6. The quantitative estimate of drug-likeness (QED) is 0.737. The zero-order valence-electron chi connectivity index (χ0n) is 13.4. The third-order valence-corrected chi connectivity index (χ3v) is 4.40. The van der Waals surface area contributed by atoms with Gasteiger partial charge in [-0.2, -0.15) is 0 Å². The summed E-state index contributed by atoms with van der Waals surface area (Å²) in [4.78, 5) is 14.1.